The van der Waals surface area contributed by atoms with Crippen molar-refractivity contribution in [1.82, 2.24) is 0 Å². The van der Waals surface area contributed by atoms with Crippen LogP contribution in [0.4, 0.5) is 0 Å². The van der Waals surface area contributed by atoms with E-state index < -0.39 is 0 Å². The van der Waals surface area contributed by atoms with E-state index in [1.165, 1.54) is 38.5 Å². The van der Waals surface area contributed by atoms with E-state index in [0.29, 0.717) is 5.78 Å². The van der Waals surface area contributed by atoms with E-state index in [1.807, 2.05) is 0 Å². The van der Waals surface area contributed by atoms with Gasteiger partial charge >= 0.3 is 0 Å². The van der Waals surface area contributed by atoms with Gasteiger partial charge in [-0.05, 0) is 86.9 Å². The number of hydrogen-bond acceptors (Lipinski definition) is 2. The summed E-state index contributed by atoms with van der Waals surface area (Å²) >= 11 is 0. The summed E-state index contributed by atoms with van der Waals surface area (Å²) in [6, 6.07) is 0. The fourth-order valence-corrected chi connectivity index (χ4v) is 6.45. The number of carbonyl (C=O) groups excluding carboxylic acids is 1. The average molecular weight is 276 g/mol. The lowest BCUT2D eigenvalue weighted by Gasteiger charge is -2.54. The first-order chi connectivity index (χ1) is 9.72. The molecule has 0 radical (unpaired) electrons. The van der Waals surface area contributed by atoms with Crippen molar-refractivity contribution in [2.75, 3.05) is 0 Å². The maximum atomic E-state index is 11.7. The summed E-state index contributed by atoms with van der Waals surface area (Å²) in [4.78, 5) is 11.7. The van der Waals surface area contributed by atoms with Crippen molar-refractivity contribution in [3.8, 4) is 0 Å². The third kappa shape index (κ3) is 2.15. The van der Waals surface area contributed by atoms with Crippen LogP contribution in [-0.2, 0) is 4.79 Å². The Balaban J connectivity index is 1.51. The summed E-state index contributed by atoms with van der Waals surface area (Å²) in [6.07, 6.45) is 11.7. The molecule has 4 rings (SSSR count). The van der Waals surface area contributed by atoms with Gasteiger partial charge in [-0.3, -0.25) is 4.79 Å². The summed E-state index contributed by atoms with van der Waals surface area (Å²) in [7, 11) is 0. The molecule has 1 N–H and O–H groups in total. The lowest BCUT2D eigenvalue weighted by atomic mass is 9.51. The molecule has 0 aromatic rings. The van der Waals surface area contributed by atoms with E-state index in [-0.39, 0.29) is 6.10 Å². The Kier molecular flexibility index (Phi) is 3.41. The number of aliphatic hydroxyl groups is 1. The first-order valence-corrected chi connectivity index (χ1v) is 8.92. The van der Waals surface area contributed by atoms with Gasteiger partial charge in [-0.15, -0.1) is 0 Å². The number of hydrogen-bond donors (Lipinski definition) is 1. The van der Waals surface area contributed by atoms with Crippen LogP contribution in [0.2, 0.25) is 0 Å². The van der Waals surface area contributed by atoms with Crippen molar-refractivity contribution < 1.29 is 9.90 Å². The van der Waals surface area contributed by atoms with E-state index in [4.69, 9.17) is 0 Å². The molecule has 4 aliphatic rings. The maximum absolute atomic E-state index is 11.7. The third-order valence-corrected chi connectivity index (χ3v) is 7.26. The summed E-state index contributed by atoms with van der Waals surface area (Å²) in [5.74, 6) is 5.66. The van der Waals surface area contributed by atoms with Gasteiger partial charge in [0, 0.05) is 12.8 Å². The molecule has 0 bridgehead atoms. The number of fused-ring (bicyclic) bond motifs is 5. The largest absolute Gasteiger partial charge is 0.393 e. The molecule has 0 aliphatic heterocycles. The molecular formula is C18H28O2. The molecule has 4 fully saturated rings. The van der Waals surface area contributed by atoms with Gasteiger partial charge in [0.2, 0.25) is 0 Å². The second-order valence-electron chi connectivity index (χ2n) is 8.08. The summed E-state index contributed by atoms with van der Waals surface area (Å²) in [5.41, 5.74) is 0. The number of aliphatic hydroxyl groups excluding tert-OH is 1. The molecule has 0 spiro atoms. The second kappa shape index (κ2) is 5.12. The summed E-state index contributed by atoms with van der Waals surface area (Å²) < 4.78 is 0. The summed E-state index contributed by atoms with van der Waals surface area (Å²) in [6.45, 7) is 0. The first-order valence-electron chi connectivity index (χ1n) is 8.92. The molecular weight excluding hydrogens is 248 g/mol. The van der Waals surface area contributed by atoms with E-state index in [9.17, 15) is 9.90 Å². The number of ketones is 1. The molecule has 0 unspecified atom stereocenters. The molecule has 20 heavy (non-hydrogen) atoms. The lowest BCUT2D eigenvalue weighted by Crippen LogP contribution is -2.47. The van der Waals surface area contributed by atoms with Crippen LogP contribution in [0.1, 0.15) is 64.2 Å². The SMILES string of the molecule is O=C1CC[C@H]2[C@H](CC[C@@H]3[C@@H]2CC[C@H]2C[C@@H](O)CC[C@H]23)C1. The molecule has 0 aromatic heterocycles. The molecule has 2 heteroatoms. The van der Waals surface area contributed by atoms with E-state index in [2.05, 4.69) is 0 Å². The normalized spacial score (nSPS) is 51.9. The minimum absolute atomic E-state index is 0.0172. The van der Waals surface area contributed by atoms with E-state index in [1.54, 1.807) is 0 Å². The van der Waals surface area contributed by atoms with Crippen molar-refractivity contribution in [2.45, 2.75) is 70.3 Å². The molecule has 4 aliphatic carbocycles. The molecule has 7 atom stereocenters. The first kappa shape index (κ1) is 13.3. The Morgan fingerprint density at radius 3 is 2.20 bits per heavy atom. The number of carbonyl (C=O) groups is 1. The molecule has 112 valence electrons. The van der Waals surface area contributed by atoms with Crippen LogP contribution in [0.3, 0.4) is 0 Å². The van der Waals surface area contributed by atoms with Crippen molar-refractivity contribution in [3.05, 3.63) is 0 Å². The maximum Gasteiger partial charge on any atom is 0.133 e. The second-order valence-corrected chi connectivity index (χ2v) is 8.08. The van der Waals surface area contributed by atoms with Gasteiger partial charge in [0.15, 0.2) is 0 Å². The predicted molar refractivity (Wildman–Crippen MR) is 78.1 cm³/mol. The molecule has 0 amide bonds. The topological polar surface area (TPSA) is 37.3 Å². The fourth-order valence-electron chi connectivity index (χ4n) is 6.45. The molecule has 0 heterocycles. The Labute approximate surface area is 122 Å². The van der Waals surface area contributed by atoms with E-state index in [0.717, 1.165) is 61.2 Å². The van der Waals surface area contributed by atoms with Crippen LogP contribution in [-0.4, -0.2) is 17.0 Å². The van der Waals surface area contributed by atoms with Gasteiger partial charge in [0.25, 0.3) is 0 Å². The van der Waals surface area contributed by atoms with Crippen molar-refractivity contribution in [3.63, 3.8) is 0 Å². The van der Waals surface area contributed by atoms with Gasteiger partial charge < -0.3 is 5.11 Å². The lowest BCUT2D eigenvalue weighted by molar-refractivity contribution is -0.127. The highest BCUT2D eigenvalue weighted by Gasteiger charge is 2.49. The van der Waals surface area contributed by atoms with Crippen LogP contribution in [0.25, 0.3) is 0 Å². The van der Waals surface area contributed by atoms with Crippen LogP contribution in [0.5, 0.6) is 0 Å². The van der Waals surface area contributed by atoms with Gasteiger partial charge in [-0.1, -0.05) is 0 Å². The van der Waals surface area contributed by atoms with Gasteiger partial charge in [0.05, 0.1) is 6.10 Å². The highest BCUT2D eigenvalue weighted by Crippen LogP contribution is 2.56. The van der Waals surface area contributed by atoms with Crippen molar-refractivity contribution in [2.24, 2.45) is 35.5 Å². The minimum Gasteiger partial charge on any atom is -0.393 e. The van der Waals surface area contributed by atoms with Gasteiger partial charge in [-0.2, -0.15) is 0 Å². The van der Waals surface area contributed by atoms with E-state index >= 15 is 0 Å². The standard InChI is InChI=1S/C18H28O2/c19-13-3-7-15-11(9-13)1-5-17-16-8-4-14(20)10-12(16)2-6-18(15)17/h11-13,15-19H,1-10H2/t11-,12+,13-,15+,16-,17+,18-/m0/s1. The predicted octanol–water partition coefficient (Wildman–Crippen LogP) is 3.57. The smallest absolute Gasteiger partial charge is 0.133 e. The monoisotopic (exact) mass is 276 g/mol. The Hall–Kier alpha value is -0.370. The van der Waals surface area contributed by atoms with Crippen LogP contribution in [0, 0.1) is 35.5 Å². The molecule has 0 saturated heterocycles. The average Bonchev–Trinajstić information content (AvgIpc) is 2.45. The number of Topliss-reactive ketones (excluding diaryl/α,β-unsaturated/α-hetero) is 1. The van der Waals surface area contributed by atoms with Crippen molar-refractivity contribution in [1.29, 1.82) is 0 Å². The van der Waals surface area contributed by atoms with Crippen molar-refractivity contribution >= 4 is 5.78 Å². The third-order valence-electron chi connectivity index (χ3n) is 7.26. The fraction of sp³-hybridized carbons (Fsp3) is 0.944. The molecule has 2 nitrogen and oxygen atoms in total. The summed E-state index contributed by atoms with van der Waals surface area (Å²) in [5, 5.41) is 9.92. The Morgan fingerprint density at radius 1 is 0.750 bits per heavy atom. The molecule has 0 aromatic carbocycles. The zero-order valence-corrected chi connectivity index (χ0v) is 12.5. The highest BCUT2D eigenvalue weighted by atomic mass is 16.3. The van der Waals surface area contributed by atoms with Crippen LogP contribution in [0.15, 0.2) is 0 Å². The Morgan fingerprint density at radius 2 is 1.40 bits per heavy atom. The Bertz CT molecular complexity index is 391. The quantitative estimate of drug-likeness (QED) is 0.734. The zero-order valence-electron chi connectivity index (χ0n) is 12.5. The van der Waals surface area contributed by atoms with Crippen LogP contribution >= 0.6 is 0 Å². The number of rotatable bonds is 0. The minimum atomic E-state index is -0.0172. The van der Waals surface area contributed by atoms with Gasteiger partial charge in [0.1, 0.15) is 5.78 Å². The van der Waals surface area contributed by atoms with Gasteiger partial charge in [-0.25, -0.2) is 0 Å². The molecule has 4 saturated carbocycles. The van der Waals surface area contributed by atoms with Crippen LogP contribution < -0.4 is 0 Å². The zero-order chi connectivity index (χ0) is 13.7. The highest BCUT2D eigenvalue weighted by molar-refractivity contribution is 5.79.